The summed E-state index contributed by atoms with van der Waals surface area (Å²) < 4.78 is 27.2. The molecule has 18 heavy (non-hydrogen) atoms. The molecule has 0 aromatic heterocycles. The Labute approximate surface area is 111 Å². The van der Waals surface area contributed by atoms with E-state index in [0.29, 0.717) is 0 Å². The van der Waals surface area contributed by atoms with Gasteiger partial charge >= 0.3 is 0 Å². The molecule has 100 valence electrons. The third kappa shape index (κ3) is 3.01. The van der Waals surface area contributed by atoms with Crippen molar-refractivity contribution in [3.63, 3.8) is 0 Å². The molecule has 1 fully saturated rings. The number of hydrogen-bond donors (Lipinski definition) is 1. The maximum absolute atomic E-state index is 13.8. The van der Waals surface area contributed by atoms with E-state index in [4.69, 9.17) is 17.3 Å². The van der Waals surface area contributed by atoms with E-state index < -0.39 is 17.7 Å². The summed E-state index contributed by atoms with van der Waals surface area (Å²) in [7, 11) is 0. The summed E-state index contributed by atoms with van der Waals surface area (Å²) in [5.74, 6) is -0.863. The van der Waals surface area contributed by atoms with Crippen LogP contribution in [-0.4, -0.2) is 0 Å². The summed E-state index contributed by atoms with van der Waals surface area (Å²) >= 11 is 5.55. The van der Waals surface area contributed by atoms with Gasteiger partial charge in [0, 0.05) is 11.6 Å². The number of rotatable bonds is 2. The number of nitrogens with two attached hydrogens (primary N) is 1. The maximum atomic E-state index is 13.8. The minimum absolute atomic E-state index is 0.190. The molecule has 1 aromatic rings. The zero-order valence-electron chi connectivity index (χ0n) is 10.3. The molecule has 1 atom stereocenters. The van der Waals surface area contributed by atoms with Crippen LogP contribution in [0.2, 0.25) is 5.02 Å². The van der Waals surface area contributed by atoms with Crippen molar-refractivity contribution in [2.45, 2.75) is 44.6 Å². The Bertz CT molecular complexity index is 415. The lowest BCUT2D eigenvalue weighted by molar-refractivity contribution is 0.372. The second-order valence-electron chi connectivity index (χ2n) is 5.07. The van der Waals surface area contributed by atoms with Crippen LogP contribution in [0.1, 0.15) is 50.1 Å². The van der Waals surface area contributed by atoms with E-state index in [1.54, 1.807) is 0 Å². The molecule has 2 N–H and O–H groups in total. The average molecular weight is 274 g/mol. The molecule has 0 bridgehead atoms. The highest BCUT2D eigenvalue weighted by Gasteiger charge is 2.24. The van der Waals surface area contributed by atoms with Gasteiger partial charge in [0.1, 0.15) is 11.6 Å². The second kappa shape index (κ2) is 5.98. The van der Waals surface area contributed by atoms with Crippen LogP contribution in [0, 0.1) is 17.6 Å². The van der Waals surface area contributed by atoms with E-state index in [9.17, 15) is 8.78 Å². The summed E-state index contributed by atoms with van der Waals surface area (Å²) in [6, 6.07) is 1.73. The first kappa shape index (κ1) is 13.8. The number of halogens is 3. The van der Waals surface area contributed by atoms with E-state index in [-0.39, 0.29) is 16.5 Å². The van der Waals surface area contributed by atoms with Gasteiger partial charge in [-0.2, -0.15) is 0 Å². The first-order valence-corrected chi connectivity index (χ1v) is 6.87. The zero-order valence-corrected chi connectivity index (χ0v) is 11.0. The van der Waals surface area contributed by atoms with Gasteiger partial charge in [0.15, 0.2) is 0 Å². The smallest absolute Gasteiger partial charge is 0.142 e. The normalized spacial score (nSPS) is 19.6. The Morgan fingerprint density at radius 1 is 1.06 bits per heavy atom. The third-order valence-corrected chi connectivity index (χ3v) is 4.10. The summed E-state index contributed by atoms with van der Waals surface area (Å²) in [5.41, 5.74) is 6.36. The maximum Gasteiger partial charge on any atom is 0.142 e. The highest BCUT2D eigenvalue weighted by Crippen LogP contribution is 2.34. The van der Waals surface area contributed by atoms with Gasteiger partial charge in [0.25, 0.3) is 0 Å². The molecule has 0 saturated heterocycles. The first-order valence-electron chi connectivity index (χ1n) is 6.49. The van der Waals surface area contributed by atoms with Crippen LogP contribution in [-0.2, 0) is 0 Å². The van der Waals surface area contributed by atoms with Gasteiger partial charge in [-0.1, -0.05) is 37.3 Å². The monoisotopic (exact) mass is 273 g/mol. The number of hydrogen-bond acceptors (Lipinski definition) is 1. The van der Waals surface area contributed by atoms with E-state index >= 15 is 0 Å². The van der Waals surface area contributed by atoms with Gasteiger partial charge in [0.2, 0.25) is 0 Å². The van der Waals surface area contributed by atoms with Gasteiger partial charge in [-0.05, 0) is 30.9 Å². The lowest BCUT2D eigenvalue weighted by atomic mass is 9.87. The largest absolute Gasteiger partial charge is 0.324 e. The predicted octanol–water partition coefficient (Wildman–Crippen LogP) is 4.59. The van der Waals surface area contributed by atoms with Gasteiger partial charge in [-0.15, -0.1) is 0 Å². The molecule has 4 heteroatoms. The third-order valence-electron chi connectivity index (χ3n) is 3.81. The highest BCUT2D eigenvalue weighted by atomic mass is 35.5. The van der Waals surface area contributed by atoms with Crippen molar-refractivity contribution in [2.24, 2.45) is 11.7 Å². The minimum Gasteiger partial charge on any atom is -0.324 e. The van der Waals surface area contributed by atoms with Crippen molar-refractivity contribution >= 4 is 11.6 Å². The Hall–Kier alpha value is -0.670. The summed E-state index contributed by atoms with van der Waals surface area (Å²) in [6.45, 7) is 0. The number of benzene rings is 1. The van der Waals surface area contributed by atoms with Crippen molar-refractivity contribution in [1.82, 2.24) is 0 Å². The molecule has 1 saturated carbocycles. The molecular formula is C14H18ClF2N. The van der Waals surface area contributed by atoms with Gasteiger partial charge in [-0.25, -0.2) is 8.78 Å². The Balaban J connectivity index is 2.21. The van der Waals surface area contributed by atoms with E-state index in [1.807, 2.05) is 0 Å². The zero-order chi connectivity index (χ0) is 13.1. The van der Waals surface area contributed by atoms with Crippen LogP contribution in [0.15, 0.2) is 12.1 Å². The molecule has 2 rings (SSSR count). The van der Waals surface area contributed by atoms with E-state index in [1.165, 1.54) is 12.8 Å². The Morgan fingerprint density at radius 2 is 1.67 bits per heavy atom. The first-order chi connectivity index (χ1) is 8.59. The quantitative estimate of drug-likeness (QED) is 0.619. The summed E-state index contributed by atoms with van der Waals surface area (Å²) in [5, 5.41) is -0.190. The SMILES string of the molecule is NC(c1cc(F)c(Cl)cc1F)C1CCCCCC1. The molecular weight excluding hydrogens is 256 g/mol. The minimum atomic E-state index is -0.600. The molecule has 1 unspecified atom stereocenters. The van der Waals surface area contributed by atoms with Crippen LogP contribution in [0.25, 0.3) is 0 Å². The Kier molecular flexibility index (Phi) is 4.57. The van der Waals surface area contributed by atoms with Crippen molar-refractivity contribution < 1.29 is 8.78 Å². The highest BCUT2D eigenvalue weighted by molar-refractivity contribution is 6.30. The topological polar surface area (TPSA) is 26.0 Å². The van der Waals surface area contributed by atoms with Gasteiger partial charge < -0.3 is 5.73 Å². The molecule has 1 nitrogen and oxygen atoms in total. The Morgan fingerprint density at radius 3 is 2.28 bits per heavy atom. The van der Waals surface area contributed by atoms with Crippen LogP contribution in [0.4, 0.5) is 8.78 Å². The van der Waals surface area contributed by atoms with Gasteiger partial charge in [-0.3, -0.25) is 0 Å². The van der Waals surface area contributed by atoms with Crippen molar-refractivity contribution in [3.8, 4) is 0 Å². The molecule has 0 aliphatic heterocycles. The molecule has 0 spiro atoms. The van der Waals surface area contributed by atoms with Crippen molar-refractivity contribution in [3.05, 3.63) is 34.4 Å². The van der Waals surface area contributed by atoms with Crippen LogP contribution < -0.4 is 5.73 Å². The van der Waals surface area contributed by atoms with Gasteiger partial charge in [0.05, 0.1) is 5.02 Å². The molecule has 1 aliphatic rings. The lowest BCUT2D eigenvalue weighted by Crippen LogP contribution is -2.22. The van der Waals surface area contributed by atoms with Crippen LogP contribution in [0.5, 0.6) is 0 Å². The van der Waals surface area contributed by atoms with Crippen molar-refractivity contribution in [1.29, 1.82) is 0 Å². The van der Waals surface area contributed by atoms with Crippen LogP contribution in [0.3, 0.4) is 0 Å². The summed E-state index contributed by atoms with van der Waals surface area (Å²) in [4.78, 5) is 0. The fourth-order valence-electron chi connectivity index (χ4n) is 2.72. The molecule has 0 heterocycles. The predicted molar refractivity (Wildman–Crippen MR) is 69.5 cm³/mol. The molecule has 1 aliphatic carbocycles. The average Bonchev–Trinajstić information content (AvgIpc) is 2.61. The second-order valence-corrected chi connectivity index (χ2v) is 5.47. The molecule has 1 aromatic carbocycles. The molecule has 0 radical (unpaired) electrons. The van der Waals surface area contributed by atoms with E-state index in [0.717, 1.165) is 37.8 Å². The van der Waals surface area contributed by atoms with E-state index in [2.05, 4.69) is 0 Å². The lowest BCUT2D eigenvalue weighted by Gasteiger charge is -2.23. The van der Waals surface area contributed by atoms with Crippen LogP contribution >= 0.6 is 11.6 Å². The molecule has 0 amide bonds. The fraction of sp³-hybridized carbons (Fsp3) is 0.571. The van der Waals surface area contributed by atoms with Crippen molar-refractivity contribution in [2.75, 3.05) is 0 Å². The summed E-state index contributed by atoms with van der Waals surface area (Å²) in [6.07, 6.45) is 6.64. The fourth-order valence-corrected chi connectivity index (χ4v) is 2.87. The standard InChI is InChI=1S/C14H18ClF2N/c15-11-8-12(16)10(7-13(11)17)14(18)9-5-3-1-2-4-6-9/h7-9,14H,1-6,18H2.